The number of benzene rings is 2. The van der Waals surface area contributed by atoms with Gasteiger partial charge in [0.15, 0.2) is 9.84 Å². The normalized spacial score (nSPS) is 11.4. The Labute approximate surface area is 159 Å². The van der Waals surface area contributed by atoms with Crippen LogP contribution >= 0.6 is 0 Å². The van der Waals surface area contributed by atoms with Gasteiger partial charge in [-0.3, -0.25) is 0 Å². The standard InChI is InChI=1S/C19H23NO6S/c1-23-14-10-18(25-3)15(19(11-14)26-4)7-8-27(21,22)12-13-5-6-17(24-2)16(20)9-13/h5-11H,12,20H2,1-4H3/b8-7+. The van der Waals surface area contributed by atoms with Crippen molar-refractivity contribution >= 4 is 21.6 Å². The molecule has 0 saturated heterocycles. The van der Waals surface area contributed by atoms with Gasteiger partial charge >= 0.3 is 0 Å². The number of ether oxygens (including phenoxy) is 4. The van der Waals surface area contributed by atoms with E-state index in [2.05, 4.69) is 0 Å². The lowest BCUT2D eigenvalue weighted by molar-refractivity contribution is 0.374. The quantitative estimate of drug-likeness (QED) is 0.689. The highest BCUT2D eigenvalue weighted by atomic mass is 32.2. The third-order valence-electron chi connectivity index (χ3n) is 3.86. The zero-order chi connectivity index (χ0) is 20.0. The second kappa shape index (κ2) is 8.68. The van der Waals surface area contributed by atoms with E-state index >= 15 is 0 Å². The van der Waals surface area contributed by atoms with Gasteiger partial charge in [0.05, 0.1) is 45.4 Å². The Bertz CT molecular complexity index is 912. The molecule has 8 heteroatoms. The Morgan fingerprint density at radius 3 is 1.96 bits per heavy atom. The highest BCUT2D eigenvalue weighted by Gasteiger charge is 2.14. The topological polar surface area (TPSA) is 97.1 Å². The first kappa shape index (κ1) is 20.4. The van der Waals surface area contributed by atoms with Gasteiger partial charge in [-0.25, -0.2) is 8.42 Å². The van der Waals surface area contributed by atoms with Crippen molar-refractivity contribution in [2.45, 2.75) is 5.75 Å². The largest absolute Gasteiger partial charge is 0.496 e. The summed E-state index contributed by atoms with van der Waals surface area (Å²) < 4.78 is 45.9. The van der Waals surface area contributed by atoms with E-state index in [1.54, 1.807) is 30.3 Å². The fourth-order valence-corrected chi connectivity index (χ4v) is 3.61. The average Bonchev–Trinajstić information content (AvgIpc) is 2.65. The Hall–Kier alpha value is -2.87. The van der Waals surface area contributed by atoms with E-state index in [4.69, 9.17) is 24.7 Å². The van der Waals surface area contributed by atoms with Gasteiger partial charge in [0.2, 0.25) is 0 Å². The molecule has 0 radical (unpaired) electrons. The molecule has 2 aromatic rings. The van der Waals surface area contributed by atoms with E-state index in [0.29, 0.717) is 39.8 Å². The fourth-order valence-electron chi connectivity index (χ4n) is 2.52. The Morgan fingerprint density at radius 1 is 0.889 bits per heavy atom. The molecule has 0 saturated carbocycles. The summed E-state index contributed by atoms with van der Waals surface area (Å²) in [6.45, 7) is 0. The molecule has 0 aliphatic rings. The monoisotopic (exact) mass is 393 g/mol. The van der Waals surface area contributed by atoms with Crippen molar-refractivity contribution in [1.82, 2.24) is 0 Å². The van der Waals surface area contributed by atoms with Crippen LogP contribution in [0.1, 0.15) is 11.1 Å². The number of rotatable bonds is 8. The lowest BCUT2D eigenvalue weighted by Crippen LogP contribution is -2.02. The zero-order valence-electron chi connectivity index (χ0n) is 15.7. The minimum absolute atomic E-state index is 0.196. The number of methoxy groups -OCH3 is 4. The van der Waals surface area contributed by atoms with Crippen LogP contribution in [0.3, 0.4) is 0 Å². The molecule has 0 bridgehead atoms. The summed E-state index contributed by atoms with van der Waals surface area (Å²) in [5, 5.41) is 1.13. The van der Waals surface area contributed by atoms with Gasteiger partial charge in [-0.05, 0) is 23.8 Å². The summed E-state index contributed by atoms with van der Waals surface area (Å²) >= 11 is 0. The van der Waals surface area contributed by atoms with Gasteiger partial charge in [0, 0.05) is 17.5 Å². The first-order valence-corrected chi connectivity index (χ1v) is 9.68. The number of anilines is 1. The highest BCUT2D eigenvalue weighted by molar-refractivity contribution is 7.93. The molecule has 0 unspecified atom stereocenters. The summed E-state index contributed by atoms with van der Waals surface area (Å²) in [5.41, 5.74) is 7.28. The van der Waals surface area contributed by atoms with Gasteiger partial charge in [-0.1, -0.05) is 6.07 Å². The Morgan fingerprint density at radius 2 is 1.48 bits per heavy atom. The fraction of sp³-hybridized carbons (Fsp3) is 0.263. The number of nitrogens with two attached hydrogens (primary N) is 1. The molecule has 0 aromatic heterocycles. The van der Waals surface area contributed by atoms with Crippen LogP contribution in [-0.2, 0) is 15.6 Å². The van der Waals surface area contributed by atoms with Gasteiger partial charge < -0.3 is 24.7 Å². The predicted octanol–water partition coefficient (Wildman–Crippen LogP) is 2.89. The smallest absolute Gasteiger partial charge is 0.175 e. The maximum Gasteiger partial charge on any atom is 0.175 e. The summed E-state index contributed by atoms with van der Waals surface area (Å²) in [7, 11) is 2.44. The van der Waals surface area contributed by atoms with Crippen LogP contribution in [0, 0.1) is 0 Å². The minimum Gasteiger partial charge on any atom is -0.496 e. The first-order valence-electron chi connectivity index (χ1n) is 7.96. The summed E-state index contributed by atoms with van der Waals surface area (Å²) in [4.78, 5) is 0. The predicted molar refractivity (Wildman–Crippen MR) is 105 cm³/mol. The van der Waals surface area contributed by atoms with Gasteiger partial charge in [0.25, 0.3) is 0 Å². The molecule has 2 N–H and O–H groups in total. The highest BCUT2D eigenvalue weighted by Crippen LogP contribution is 2.35. The molecule has 2 aromatic carbocycles. The van der Waals surface area contributed by atoms with Crippen LogP contribution in [0.15, 0.2) is 35.7 Å². The van der Waals surface area contributed by atoms with E-state index < -0.39 is 9.84 Å². The molecule has 0 atom stereocenters. The molecule has 2 rings (SSSR count). The van der Waals surface area contributed by atoms with Gasteiger partial charge in [0.1, 0.15) is 23.0 Å². The molecule has 7 nitrogen and oxygen atoms in total. The summed E-state index contributed by atoms with van der Waals surface area (Å²) in [6, 6.07) is 8.19. The van der Waals surface area contributed by atoms with Crippen LogP contribution < -0.4 is 24.7 Å². The van der Waals surface area contributed by atoms with Crippen LogP contribution in [0.5, 0.6) is 23.0 Å². The Kier molecular flexibility index (Phi) is 6.57. The number of sulfone groups is 1. The van der Waals surface area contributed by atoms with Crippen molar-refractivity contribution in [3.63, 3.8) is 0 Å². The minimum atomic E-state index is -3.55. The van der Waals surface area contributed by atoms with Crippen molar-refractivity contribution in [2.24, 2.45) is 0 Å². The molecule has 0 aliphatic carbocycles. The number of nitrogen functional groups attached to an aromatic ring is 1. The molecule has 0 aliphatic heterocycles. The third-order valence-corrected chi connectivity index (χ3v) is 5.14. The van der Waals surface area contributed by atoms with E-state index in [-0.39, 0.29) is 5.75 Å². The number of hydrogen-bond acceptors (Lipinski definition) is 7. The second-order valence-electron chi connectivity index (χ2n) is 5.63. The molecular formula is C19H23NO6S. The molecule has 27 heavy (non-hydrogen) atoms. The van der Waals surface area contributed by atoms with Crippen molar-refractivity contribution in [1.29, 1.82) is 0 Å². The van der Waals surface area contributed by atoms with Crippen molar-refractivity contribution in [3.05, 3.63) is 46.9 Å². The van der Waals surface area contributed by atoms with Crippen molar-refractivity contribution in [2.75, 3.05) is 34.2 Å². The van der Waals surface area contributed by atoms with E-state index in [0.717, 1.165) is 5.41 Å². The van der Waals surface area contributed by atoms with Crippen LogP contribution in [0.25, 0.3) is 6.08 Å². The summed E-state index contributed by atoms with van der Waals surface area (Å²) in [5.74, 6) is 1.72. The maximum absolute atomic E-state index is 12.5. The van der Waals surface area contributed by atoms with E-state index in [9.17, 15) is 8.42 Å². The molecule has 0 amide bonds. The molecule has 0 spiro atoms. The SMILES string of the molecule is COc1cc(OC)c(/C=C/S(=O)(=O)Cc2ccc(OC)c(N)c2)c(OC)c1. The lowest BCUT2D eigenvalue weighted by Gasteiger charge is -2.12. The van der Waals surface area contributed by atoms with E-state index in [1.165, 1.54) is 34.5 Å². The maximum atomic E-state index is 12.5. The lowest BCUT2D eigenvalue weighted by atomic mass is 10.1. The first-order chi connectivity index (χ1) is 12.8. The van der Waals surface area contributed by atoms with Crippen LogP contribution in [0.4, 0.5) is 5.69 Å². The van der Waals surface area contributed by atoms with Crippen molar-refractivity contribution in [3.8, 4) is 23.0 Å². The molecule has 146 valence electrons. The third kappa shape index (κ3) is 5.07. The van der Waals surface area contributed by atoms with Crippen molar-refractivity contribution < 1.29 is 27.4 Å². The van der Waals surface area contributed by atoms with Crippen LogP contribution in [-0.4, -0.2) is 36.9 Å². The number of hydrogen-bond donors (Lipinski definition) is 1. The molecular weight excluding hydrogens is 370 g/mol. The van der Waals surface area contributed by atoms with Crippen LogP contribution in [0.2, 0.25) is 0 Å². The second-order valence-corrected chi connectivity index (χ2v) is 7.52. The Balaban J connectivity index is 2.32. The van der Waals surface area contributed by atoms with Gasteiger partial charge in [-0.15, -0.1) is 0 Å². The zero-order valence-corrected chi connectivity index (χ0v) is 16.5. The molecule has 0 fully saturated rings. The summed E-state index contributed by atoms with van der Waals surface area (Å²) in [6.07, 6.45) is 1.44. The average molecular weight is 393 g/mol. The molecule has 0 heterocycles. The van der Waals surface area contributed by atoms with Gasteiger partial charge in [-0.2, -0.15) is 0 Å². The van der Waals surface area contributed by atoms with E-state index in [1.807, 2.05) is 0 Å².